The van der Waals surface area contributed by atoms with Gasteiger partial charge in [-0.3, -0.25) is 0 Å². The maximum Gasteiger partial charge on any atom is 0.0842 e. The highest BCUT2D eigenvalue weighted by Gasteiger charge is 2.27. The van der Waals surface area contributed by atoms with E-state index in [1.54, 1.807) is 0 Å². The van der Waals surface area contributed by atoms with E-state index in [4.69, 9.17) is 10.8 Å². The molecule has 0 fully saturated rings. The number of rotatable bonds is 3. The minimum Gasteiger partial charge on any atom is -0.330 e. The summed E-state index contributed by atoms with van der Waals surface area (Å²) in [7, 11) is 0. The SMILES string of the molecule is Cc1ccccc1-n1nc(C(C)(C)CN)c(Br)c1C. The highest BCUT2D eigenvalue weighted by atomic mass is 79.9. The molecule has 102 valence electrons. The number of aryl methyl sites for hydroxylation is 1. The van der Waals surface area contributed by atoms with Crippen LogP contribution in [0.25, 0.3) is 5.69 Å². The standard InChI is InChI=1S/C15H20BrN3/c1-10-7-5-6-8-12(10)19-11(2)13(16)14(18-19)15(3,4)9-17/h5-8H,9,17H2,1-4H3. The van der Waals surface area contributed by atoms with E-state index in [9.17, 15) is 0 Å². The molecule has 0 unspecified atom stereocenters. The van der Waals surface area contributed by atoms with Crippen LogP contribution < -0.4 is 5.73 Å². The molecule has 0 atom stereocenters. The van der Waals surface area contributed by atoms with Gasteiger partial charge in [0.15, 0.2) is 0 Å². The van der Waals surface area contributed by atoms with Gasteiger partial charge in [0.05, 0.1) is 21.5 Å². The summed E-state index contributed by atoms with van der Waals surface area (Å²) in [5, 5.41) is 4.77. The molecule has 3 nitrogen and oxygen atoms in total. The predicted molar refractivity (Wildman–Crippen MR) is 82.8 cm³/mol. The van der Waals surface area contributed by atoms with E-state index < -0.39 is 0 Å². The van der Waals surface area contributed by atoms with Crippen LogP contribution in [0.5, 0.6) is 0 Å². The lowest BCUT2D eigenvalue weighted by Crippen LogP contribution is -2.29. The van der Waals surface area contributed by atoms with Gasteiger partial charge < -0.3 is 5.73 Å². The second-order valence-corrected chi connectivity index (χ2v) is 6.33. The number of benzene rings is 1. The number of nitrogens with zero attached hydrogens (tertiary/aromatic N) is 2. The number of aromatic nitrogens is 2. The van der Waals surface area contributed by atoms with Crippen molar-refractivity contribution in [2.45, 2.75) is 33.1 Å². The Morgan fingerprint density at radius 2 is 1.89 bits per heavy atom. The third-order valence-electron chi connectivity index (χ3n) is 3.54. The van der Waals surface area contributed by atoms with Crippen LogP contribution in [0.4, 0.5) is 0 Å². The quantitative estimate of drug-likeness (QED) is 0.940. The molecular formula is C15H20BrN3. The summed E-state index contributed by atoms with van der Waals surface area (Å²) in [5.41, 5.74) is 10.2. The number of nitrogens with two attached hydrogens (primary N) is 1. The maximum atomic E-state index is 5.87. The lowest BCUT2D eigenvalue weighted by Gasteiger charge is -2.20. The van der Waals surface area contributed by atoms with Crippen LogP contribution in [0.1, 0.15) is 30.8 Å². The van der Waals surface area contributed by atoms with Crippen molar-refractivity contribution in [3.05, 3.63) is 45.7 Å². The lowest BCUT2D eigenvalue weighted by molar-refractivity contribution is 0.513. The lowest BCUT2D eigenvalue weighted by atomic mass is 9.89. The van der Waals surface area contributed by atoms with Crippen LogP contribution in [-0.4, -0.2) is 16.3 Å². The van der Waals surface area contributed by atoms with E-state index in [-0.39, 0.29) is 5.41 Å². The van der Waals surface area contributed by atoms with Crippen LogP contribution in [-0.2, 0) is 5.41 Å². The molecule has 0 saturated heterocycles. The summed E-state index contributed by atoms with van der Waals surface area (Å²) >= 11 is 3.66. The fourth-order valence-electron chi connectivity index (χ4n) is 2.05. The average molecular weight is 322 g/mol. The van der Waals surface area contributed by atoms with E-state index in [0.717, 1.165) is 21.5 Å². The molecule has 0 spiro atoms. The largest absolute Gasteiger partial charge is 0.330 e. The Labute approximate surface area is 122 Å². The number of halogens is 1. The van der Waals surface area contributed by atoms with Gasteiger partial charge >= 0.3 is 0 Å². The van der Waals surface area contributed by atoms with Crippen LogP contribution >= 0.6 is 15.9 Å². The Kier molecular flexibility index (Phi) is 3.83. The summed E-state index contributed by atoms with van der Waals surface area (Å²) in [5.74, 6) is 0. The first-order valence-electron chi connectivity index (χ1n) is 6.40. The van der Waals surface area contributed by atoms with Gasteiger partial charge in [-0.15, -0.1) is 0 Å². The van der Waals surface area contributed by atoms with Crippen molar-refractivity contribution in [2.24, 2.45) is 5.73 Å². The van der Waals surface area contributed by atoms with Gasteiger partial charge in [0.2, 0.25) is 0 Å². The van der Waals surface area contributed by atoms with Gasteiger partial charge in [-0.1, -0.05) is 32.0 Å². The molecule has 0 aliphatic rings. The van der Waals surface area contributed by atoms with Crippen molar-refractivity contribution in [1.82, 2.24) is 9.78 Å². The van der Waals surface area contributed by atoms with Gasteiger partial charge in [0, 0.05) is 12.0 Å². The van der Waals surface area contributed by atoms with Gasteiger partial charge in [0.1, 0.15) is 0 Å². The van der Waals surface area contributed by atoms with Crippen molar-refractivity contribution >= 4 is 15.9 Å². The molecule has 1 aromatic heterocycles. The third kappa shape index (κ3) is 2.47. The van der Waals surface area contributed by atoms with Crippen molar-refractivity contribution in [3.8, 4) is 5.69 Å². The van der Waals surface area contributed by atoms with Gasteiger partial charge in [0.25, 0.3) is 0 Å². The fraction of sp³-hybridized carbons (Fsp3) is 0.400. The molecule has 1 aromatic carbocycles. The smallest absolute Gasteiger partial charge is 0.0842 e. The Hall–Kier alpha value is -1.13. The first-order chi connectivity index (χ1) is 8.88. The first-order valence-corrected chi connectivity index (χ1v) is 7.19. The summed E-state index contributed by atoms with van der Waals surface area (Å²) in [6, 6.07) is 8.25. The van der Waals surface area contributed by atoms with Crippen LogP contribution in [0.2, 0.25) is 0 Å². The zero-order valence-electron chi connectivity index (χ0n) is 11.9. The van der Waals surface area contributed by atoms with Crippen molar-refractivity contribution in [1.29, 1.82) is 0 Å². The Balaban J connectivity index is 2.62. The molecule has 0 radical (unpaired) electrons. The highest BCUT2D eigenvalue weighted by molar-refractivity contribution is 9.10. The average Bonchev–Trinajstić information content (AvgIpc) is 2.68. The molecule has 19 heavy (non-hydrogen) atoms. The van der Waals surface area contributed by atoms with Crippen LogP contribution in [0.15, 0.2) is 28.7 Å². The molecule has 0 bridgehead atoms. The summed E-state index contributed by atoms with van der Waals surface area (Å²) in [6.07, 6.45) is 0. The predicted octanol–water partition coefficient (Wildman–Crippen LogP) is 3.49. The normalized spacial score (nSPS) is 11.9. The third-order valence-corrected chi connectivity index (χ3v) is 4.49. The Bertz CT molecular complexity index is 599. The van der Waals surface area contributed by atoms with E-state index in [0.29, 0.717) is 6.54 Å². The molecule has 0 aliphatic carbocycles. The highest BCUT2D eigenvalue weighted by Crippen LogP contribution is 2.32. The van der Waals surface area contributed by atoms with Crippen LogP contribution in [0, 0.1) is 13.8 Å². The summed E-state index contributed by atoms with van der Waals surface area (Å²) in [6.45, 7) is 8.96. The second-order valence-electron chi connectivity index (χ2n) is 5.53. The fourth-order valence-corrected chi connectivity index (χ4v) is 2.83. The minimum atomic E-state index is -0.141. The van der Waals surface area contributed by atoms with E-state index in [2.05, 4.69) is 55.8 Å². The Morgan fingerprint density at radius 1 is 1.26 bits per heavy atom. The maximum absolute atomic E-state index is 5.87. The Morgan fingerprint density at radius 3 is 2.47 bits per heavy atom. The molecule has 2 N–H and O–H groups in total. The molecule has 2 aromatic rings. The van der Waals surface area contributed by atoms with Gasteiger partial charge in [-0.05, 0) is 41.4 Å². The topological polar surface area (TPSA) is 43.8 Å². The van der Waals surface area contributed by atoms with E-state index in [1.165, 1.54) is 5.56 Å². The zero-order chi connectivity index (χ0) is 14.2. The van der Waals surface area contributed by atoms with E-state index in [1.807, 2.05) is 16.8 Å². The number of hydrogen-bond donors (Lipinski definition) is 1. The number of hydrogen-bond acceptors (Lipinski definition) is 2. The summed E-state index contributed by atoms with van der Waals surface area (Å²) in [4.78, 5) is 0. The molecule has 0 aliphatic heterocycles. The molecule has 2 rings (SSSR count). The number of para-hydroxylation sites is 1. The molecule has 1 heterocycles. The second kappa shape index (κ2) is 5.10. The molecule has 0 saturated carbocycles. The van der Waals surface area contributed by atoms with Crippen molar-refractivity contribution in [3.63, 3.8) is 0 Å². The van der Waals surface area contributed by atoms with E-state index >= 15 is 0 Å². The zero-order valence-corrected chi connectivity index (χ0v) is 13.5. The van der Waals surface area contributed by atoms with Gasteiger partial charge in [-0.25, -0.2) is 4.68 Å². The first kappa shape index (κ1) is 14.3. The van der Waals surface area contributed by atoms with Crippen molar-refractivity contribution < 1.29 is 0 Å². The molecule has 0 amide bonds. The summed E-state index contributed by atoms with van der Waals surface area (Å²) < 4.78 is 3.04. The van der Waals surface area contributed by atoms with Crippen molar-refractivity contribution in [2.75, 3.05) is 6.54 Å². The van der Waals surface area contributed by atoms with Gasteiger partial charge in [-0.2, -0.15) is 5.10 Å². The molecular weight excluding hydrogens is 302 g/mol. The van der Waals surface area contributed by atoms with Crippen LogP contribution in [0.3, 0.4) is 0 Å². The monoisotopic (exact) mass is 321 g/mol. The minimum absolute atomic E-state index is 0.141. The molecule has 4 heteroatoms.